The highest BCUT2D eigenvalue weighted by atomic mass is 32.2. The van der Waals surface area contributed by atoms with Crippen molar-refractivity contribution < 1.29 is 50.2 Å². The number of anilines is 1. The van der Waals surface area contributed by atoms with Crippen molar-refractivity contribution in [2.24, 2.45) is 0 Å². The lowest BCUT2D eigenvalue weighted by molar-refractivity contribution is -0.125. The number of sulfonamides is 1. The van der Waals surface area contributed by atoms with Gasteiger partial charge in [-0.2, -0.15) is 4.31 Å². The molecule has 1 heterocycles. The van der Waals surface area contributed by atoms with Gasteiger partial charge in [-0.1, -0.05) is 45.0 Å². The van der Waals surface area contributed by atoms with Crippen LogP contribution in [0.4, 0.5) is 27.6 Å². The quantitative estimate of drug-likeness (QED) is 0.219. The van der Waals surface area contributed by atoms with Gasteiger partial charge >= 0.3 is 5.97 Å². The Morgan fingerprint density at radius 1 is 0.929 bits per heavy atom. The third-order valence-electron chi connectivity index (χ3n) is 6.94. The van der Waals surface area contributed by atoms with Gasteiger partial charge in [-0.25, -0.2) is 35.2 Å². The molecule has 0 unspecified atom stereocenters. The molecule has 0 aromatic heterocycles. The van der Waals surface area contributed by atoms with Crippen LogP contribution in [-0.2, 0) is 26.8 Å². The molecule has 1 atom stereocenters. The van der Waals surface area contributed by atoms with Gasteiger partial charge in [0.1, 0.15) is 17.4 Å². The van der Waals surface area contributed by atoms with E-state index in [1.54, 1.807) is 12.1 Å². The Labute approximate surface area is 237 Å². The molecular formula is C28H25F5N2O6S. The molecule has 0 saturated carbocycles. The van der Waals surface area contributed by atoms with Crippen LogP contribution in [0, 0.1) is 29.1 Å². The number of carbonyl (C=O) groups is 2. The summed E-state index contributed by atoms with van der Waals surface area (Å²) in [6.07, 6.45) is -0.161. The number of hydrogen-bond acceptors (Lipinski definition) is 5. The van der Waals surface area contributed by atoms with Gasteiger partial charge in [-0.15, -0.1) is 0 Å². The van der Waals surface area contributed by atoms with Crippen molar-refractivity contribution in [3.8, 4) is 5.75 Å². The van der Waals surface area contributed by atoms with Crippen molar-refractivity contribution in [2.45, 2.75) is 50.1 Å². The van der Waals surface area contributed by atoms with E-state index in [4.69, 9.17) is 0 Å². The van der Waals surface area contributed by atoms with Crippen LogP contribution in [0.5, 0.6) is 5.75 Å². The number of halogens is 5. The van der Waals surface area contributed by atoms with Gasteiger partial charge in [-0.05, 0) is 35.1 Å². The van der Waals surface area contributed by atoms with Crippen molar-refractivity contribution >= 4 is 27.6 Å². The van der Waals surface area contributed by atoms with Crippen LogP contribution >= 0.6 is 0 Å². The second-order valence-electron chi connectivity index (χ2n) is 10.7. The van der Waals surface area contributed by atoms with E-state index in [0.717, 1.165) is 22.6 Å². The lowest BCUT2D eigenvalue weighted by Crippen LogP contribution is -2.59. The molecule has 0 aliphatic carbocycles. The first-order valence-corrected chi connectivity index (χ1v) is 13.9. The summed E-state index contributed by atoms with van der Waals surface area (Å²) < 4.78 is 96.6. The fraction of sp³-hybridized carbons (Fsp3) is 0.286. The molecule has 8 nitrogen and oxygen atoms in total. The molecule has 42 heavy (non-hydrogen) atoms. The summed E-state index contributed by atoms with van der Waals surface area (Å²) >= 11 is 0. The smallest absolute Gasteiger partial charge is 0.339 e. The Morgan fingerprint density at radius 2 is 1.48 bits per heavy atom. The largest absolute Gasteiger partial charge is 0.507 e. The molecule has 2 N–H and O–H groups in total. The van der Waals surface area contributed by atoms with Crippen molar-refractivity contribution in [3.05, 3.63) is 88.2 Å². The van der Waals surface area contributed by atoms with Gasteiger partial charge < -0.3 is 15.1 Å². The van der Waals surface area contributed by atoms with Crippen LogP contribution in [0.3, 0.4) is 0 Å². The Hall–Kier alpha value is -4.04. The number of carboxylic acids is 1. The van der Waals surface area contributed by atoms with E-state index in [9.17, 15) is 50.2 Å². The van der Waals surface area contributed by atoms with Gasteiger partial charge in [0.25, 0.3) is 0 Å². The Morgan fingerprint density at radius 3 is 1.93 bits per heavy atom. The first kappa shape index (κ1) is 30.9. The van der Waals surface area contributed by atoms with Crippen LogP contribution in [0.15, 0.2) is 47.4 Å². The number of rotatable bonds is 7. The number of carbonyl (C=O) groups excluding carboxylic acids is 1. The van der Waals surface area contributed by atoms with Gasteiger partial charge in [0, 0.05) is 18.3 Å². The second-order valence-corrected chi connectivity index (χ2v) is 12.5. The normalized spacial score (nSPS) is 15.8. The predicted octanol–water partition coefficient (Wildman–Crippen LogP) is 5.08. The van der Waals surface area contributed by atoms with Crippen molar-refractivity contribution in [2.75, 3.05) is 11.4 Å². The molecule has 0 radical (unpaired) electrons. The Balaban J connectivity index is 1.74. The van der Waals surface area contributed by atoms with E-state index in [1.807, 2.05) is 32.9 Å². The monoisotopic (exact) mass is 612 g/mol. The molecule has 1 fully saturated rings. The first-order chi connectivity index (χ1) is 19.5. The standard InChI is InChI=1S/C28H25F5N2O6S/c1-28(2,3)15-6-4-14(5-7-15)13-34(16-8-9-17(27(38)39)19(36)12-16)26(37)18-10-11-35(18)42(40,41)25-23(32)21(30)20(29)22(31)24(25)33/h4-9,12,18,36H,10-11,13H2,1-3H3,(H,38,39)/t18-/m1/s1. The number of amides is 1. The zero-order valence-electron chi connectivity index (χ0n) is 22.5. The molecule has 224 valence electrons. The highest BCUT2D eigenvalue weighted by Gasteiger charge is 2.48. The van der Waals surface area contributed by atoms with E-state index in [-0.39, 0.29) is 24.1 Å². The fourth-order valence-electron chi connectivity index (χ4n) is 4.46. The Bertz CT molecular complexity index is 1660. The molecule has 0 spiro atoms. The van der Waals surface area contributed by atoms with Crippen molar-refractivity contribution in [3.63, 3.8) is 0 Å². The average Bonchev–Trinajstić information content (AvgIpc) is 2.87. The topological polar surface area (TPSA) is 115 Å². The highest BCUT2D eigenvalue weighted by molar-refractivity contribution is 7.89. The molecule has 1 aliphatic rings. The Kier molecular flexibility index (Phi) is 8.08. The summed E-state index contributed by atoms with van der Waals surface area (Å²) in [5.74, 6) is -15.7. The molecule has 4 rings (SSSR count). The fourth-order valence-corrected chi connectivity index (χ4v) is 6.21. The predicted molar refractivity (Wildman–Crippen MR) is 140 cm³/mol. The third kappa shape index (κ3) is 5.43. The van der Waals surface area contributed by atoms with E-state index >= 15 is 0 Å². The lowest BCUT2D eigenvalue weighted by atomic mass is 9.86. The summed E-state index contributed by atoms with van der Waals surface area (Å²) in [4.78, 5) is 24.1. The van der Waals surface area contributed by atoms with E-state index < -0.39 is 79.8 Å². The maximum Gasteiger partial charge on any atom is 0.339 e. The molecule has 1 aliphatic heterocycles. The van der Waals surface area contributed by atoms with Crippen LogP contribution in [0.1, 0.15) is 48.7 Å². The molecule has 3 aromatic rings. The molecule has 1 saturated heterocycles. The van der Waals surface area contributed by atoms with Crippen molar-refractivity contribution in [1.82, 2.24) is 4.31 Å². The van der Waals surface area contributed by atoms with E-state index in [1.165, 1.54) is 6.07 Å². The minimum absolute atomic E-state index is 0.0390. The second kappa shape index (κ2) is 11.0. The number of benzene rings is 3. The van der Waals surface area contributed by atoms with Gasteiger partial charge in [0.15, 0.2) is 28.2 Å². The SMILES string of the molecule is CC(C)(C)c1ccc(CN(C(=O)[C@H]2CCN2S(=O)(=O)c2c(F)c(F)c(F)c(F)c2F)c2ccc(C(=O)O)c(O)c2)cc1. The third-order valence-corrected chi connectivity index (χ3v) is 8.87. The number of aromatic hydroxyl groups is 1. The van der Waals surface area contributed by atoms with Crippen molar-refractivity contribution in [1.29, 1.82) is 0 Å². The first-order valence-electron chi connectivity index (χ1n) is 12.5. The number of nitrogens with zero attached hydrogens (tertiary/aromatic N) is 2. The van der Waals surface area contributed by atoms with E-state index in [0.29, 0.717) is 9.87 Å². The summed E-state index contributed by atoms with van der Waals surface area (Å²) in [7, 11) is -5.39. The minimum atomic E-state index is -5.39. The lowest BCUT2D eigenvalue weighted by Gasteiger charge is -2.41. The van der Waals surface area contributed by atoms with Crippen LogP contribution in [-0.4, -0.2) is 47.4 Å². The van der Waals surface area contributed by atoms with Gasteiger partial charge in [0.05, 0.1) is 6.54 Å². The maximum absolute atomic E-state index is 14.4. The summed E-state index contributed by atoms with van der Waals surface area (Å²) in [5, 5.41) is 19.5. The number of aromatic carboxylic acids is 1. The van der Waals surface area contributed by atoms with Crippen LogP contribution in [0.25, 0.3) is 0 Å². The number of phenols is 1. The number of carboxylic acid groups (broad SMARTS) is 1. The van der Waals surface area contributed by atoms with Crippen LogP contribution < -0.4 is 4.90 Å². The van der Waals surface area contributed by atoms with Crippen LogP contribution in [0.2, 0.25) is 0 Å². The minimum Gasteiger partial charge on any atom is -0.507 e. The zero-order chi connectivity index (χ0) is 31.3. The zero-order valence-corrected chi connectivity index (χ0v) is 23.3. The maximum atomic E-state index is 14.4. The molecule has 14 heteroatoms. The van der Waals surface area contributed by atoms with E-state index in [2.05, 4.69) is 0 Å². The summed E-state index contributed by atoms with van der Waals surface area (Å²) in [6, 6.07) is 8.63. The van der Waals surface area contributed by atoms with Gasteiger partial charge in [0.2, 0.25) is 21.7 Å². The molecular weight excluding hydrogens is 587 g/mol. The number of hydrogen-bond donors (Lipinski definition) is 2. The van der Waals surface area contributed by atoms with Gasteiger partial charge in [-0.3, -0.25) is 4.79 Å². The highest BCUT2D eigenvalue weighted by Crippen LogP contribution is 2.36. The summed E-state index contributed by atoms with van der Waals surface area (Å²) in [5.41, 5.74) is 0.804. The molecule has 0 bridgehead atoms. The summed E-state index contributed by atoms with van der Waals surface area (Å²) in [6.45, 7) is 5.29. The molecule has 3 aromatic carbocycles. The average molecular weight is 613 g/mol. The molecule has 1 amide bonds.